The minimum absolute atomic E-state index is 0.212. The van der Waals surface area contributed by atoms with Crippen molar-refractivity contribution in [1.82, 2.24) is 9.78 Å². The molecule has 4 aromatic rings. The molecule has 4 rings (SSSR count). The Balaban J connectivity index is 1.33. The number of hydrogen-bond donors (Lipinski definition) is 1. The van der Waals surface area contributed by atoms with Gasteiger partial charge in [-0.25, -0.2) is 0 Å². The van der Waals surface area contributed by atoms with Crippen LogP contribution in [0.15, 0.2) is 77.3 Å². The fraction of sp³-hybridized carbons (Fsp3) is 0.130. The number of nitrogens with zero attached hydrogens (tertiary/aromatic N) is 2. The van der Waals surface area contributed by atoms with Crippen LogP contribution in [0.3, 0.4) is 0 Å². The van der Waals surface area contributed by atoms with Gasteiger partial charge >= 0.3 is 0 Å². The highest BCUT2D eigenvalue weighted by Crippen LogP contribution is 2.17. The molecule has 1 amide bonds. The van der Waals surface area contributed by atoms with E-state index in [1.54, 1.807) is 22.9 Å². The summed E-state index contributed by atoms with van der Waals surface area (Å²) in [5.74, 6) is 1.65. The maximum absolute atomic E-state index is 12.5. The summed E-state index contributed by atoms with van der Waals surface area (Å²) >= 11 is 2.24. The summed E-state index contributed by atoms with van der Waals surface area (Å²) in [6.45, 7) is 2.94. The average Bonchev–Trinajstić information content (AvgIpc) is 3.37. The predicted molar refractivity (Wildman–Crippen MR) is 123 cm³/mol. The number of aryl methyl sites for hydroxylation is 1. The van der Waals surface area contributed by atoms with Gasteiger partial charge < -0.3 is 14.5 Å². The Morgan fingerprint density at radius 3 is 2.77 bits per heavy atom. The van der Waals surface area contributed by atoms with Crippen LogP contribution < -0.4 is 10.1 Å². The number of carbonyl (C=O) groups excluding carboxylic acids is 1. The monoisotopic (exact) mass is 513 g/mol. The molecule has 1 N–H and O–H groups in total. The summed E-state index contributed by atoms with van der Waals surface area (Å²) in [5.41, 5.74) is 2.35. The van der Waals surface area contributed by atoms with Gasteiger partial charge in [0.05, 0.1) is 6.54 Å². The third-order valence-electron chi connectivity index (χ3n) is 4.39. The van der Waals surface area contributed by atoms with E-state index in [2.05, 4.69) is 58.1 Å². The molecule has 0 saturated heterocycles. The Morgan fingerprint density at radius 2 is 1.97 bits per heavy atom. The third-order valence-corrected chi connectivity index (χ3v) is 5.11. The van der Waals surface area contributed by atoms with Crippen LogP contribution in [0, 0.1) is 10.5 Å². The van der Waals surface area contributed by atoms with Crippen molar-refractivity contribution in [1.29, 1.82) is 0 Å². The highest BCUT2D eigenvalue weighted by molar-refractivity contribution is 14.1. The zero-order valence-corrected chi connectivity index (χ0v) is 18.5. The fourth-order valence-electron chi connectivity index (χ4n) is 2.95. The molecular formula is C23H20IN3O3. The quantitative estimate of drug-likeness (QED) is 0.342. The van der Waals surface area contributed by atoms with E-state index in [1.807, 2.05) is 36.5 Å². The van der Waals surface area contributed by atoms with Crippen LogP contribution in [-0.2, 0) is 13.2 Å². The van der Waals surface area contributed by atoms with Gasteiger partial charge in [0.1, 0.15) is 18.1 Å². The first-order valence-corrected chi connectivity index (χ1v) is 10.5. The second kappa shape index (κ2) is 9.17. The Hall–Kier alpha value is -3.07. The van der Waals surface area contributed by atoms with E-state index in [0.29, 0.717) is 18.1 Å². The van der Waals surface area contributed by atoms with Crippen molar-refractivity contribution < 1.29 is 13.9 Å². The molecule has 6 nitrogen and oxygen atoms in total. The van der Waals surface area contributed by atoms with Crippen LogP contribution in [0.4, 0.5) is 5.82 Å². The number of nitrogens with one attached hydrogen (secondary N) is 1. The van der Waals surface area contributed by atoms with Crippen molar-refractivity contribution in [3.8, 4) is 5.75 Å². The maximum atomic E-state index is 12.5. The van der Waals surface area contributed by atoms with Gasteiger partial charge in [-0.2, -0.15) is 5.10 Å². The number of amides is 1. The highest BCUT2D eigenvalue weighted by atomic mass is 127. The number of carbonyl (C=O) groups is 1. The lowest BCUT2D eigenvalue weighted by Crippen LogP contribution is -2.12. The molecule has 0 unspecified atom stereocenters. The van der Waals surface area contributed by atoms with Gasteiger partial charge in [-0.15, -0.1) is 0 Å². The number of furan rings is 1. The van der Waals surface area contributed by atoms with Gasteiger partial charge in [0.2, 0.25) is 0 Å². The molecule has 0 atom stereocenters. The largest absolute Gasteiger partial charge is 0.486 e. The number of benzene rings is 2. The predicted octanol–water partition coefficient (Wildman–Crippen LogP) is 5.27. The van der Waals surface area contributed by atoms with Crippen molar-refractivity contribution in [3.63, 3.8) is 0 Å². The van der Waals surface area contributed by atoms with Crippen molar-refractivity contribution in [2.24, 2.45) is 0 Å². The lowest BCUT2D eigenvalue weighted by atomic mass is 10.1. The molecule has 0 aliphatic rings. The number of rotatable bonds is 7. The number of ether oxygens (including phenoxy) is 1. The van der Waals surface area contributed by atoms with Gasteiger partial charge in [0.25, 0.3) is 5.91 Å². The molecule has 0 bridgehead atoms. The van der Waals surface area contributed by atoms with E-state index in [-0.39, 0.29) is 18.3 Å². The maximum Gasteiger partial charge on any atom is 0.292 e. The van der Waals surface area contributed by atoms with E-state index in [0.717, 1.165) is 14.9 Å². The normalized spacial score (nSPS) is 10.7. The van der Waals surface area contributed by atoms with Crippen molar-refractivity contribution in [3.05, 3.63) is 99.1 Å². The number of halogens is 1. The lowest BCUT2D eigenvalue weighted by Gasteiger charge is -2.04. The molecule has 0 fully saturated rings. The second-order valence-electron chi connectivity index (χ2n) is 6.85. The van der Waals surface area contributed by atoms with Crippen molar-refractivity contribution in [2.45, 2.75) is 20.1 Å². The van der Waals surface area contributed by atoms with Gasteiger partial charge in [0, 0.05) is 15.8 Å². The van der Waals surface area contributed by atoms with Crippen LogP contribution in [-0.4, -0.2) is 15.7 Å². The molecule has 0 saturated carbocycles. The Bertz CT molecular complexity index is 1150. The van der Waals surface area contributed by atoms with Crippen molar-refractivity contribution >= 4 is 34.3 Å². The minimum Gasteiger partial charge on any atom is -0.486 e. The van der Waals surface area contributed by atoms with Crippen LogP contribution in [0.5, 0.6) is 5.75 Å². The second-order valence-corrected chi connectivity index (χ2v) is 8.10. The molecular weight excluding hydrogens is 493 g/mol. The van der Waals surface area contributed by atoms with Crippen LogP contribution in [0.25, 0.3) is 0 Å². The molecule has 2 aromatic heterocycles. The van der Waals surface area contributed by atoms with Gasteiger partial charge in [-0.3, -0.25) is 9.48 Å². The van der Waals surface area contributed by atoms with Crippen LogP contribution in [0.2, 0.25) is 0 Å². The summed E-state index contributed by atoms with van der Waals surface area (Å²) in [6, 6.07) is 21.1. The molecule has 0 aliphatic carbocycles. The Morgan fingerprint density at radius 1 is 1.13 bits per heavy atom. The first-order chi connectivity index (χ1) is 14.5. The summed E-state index contributed by atoms with van der Waals surface area (Å²) in [7, 11) is 0. The zero-order valence-electron chi connectivity index (χ0n) is 16.3. The van der Waals surface area contributed by atoms with E-state index in [1.165, 1.54) is 5.56 Å². The average molecular weight is 513 g/mol. The summed E-state index contributed by atoms with van der Waals surface area (Å²) in [6.07, 6.45) is 1.83. The molecule has 7 heteroatoms. The topological polar surface area (TPSA) is 69.3 Å². The van der Waals surface area contributed by atoms with Gasteiger partial charge in [-0.1, -0.05) is 29.8 Å². The summed E-state index contributed by atoms with van der Waals surface area (Å²) in [5, 5.41) is 7.17. The zero-order chi connectivity index (χ0) is 20.9. The number of aromatic nitrogens is 2. The number of anilines is 1. The summed E-state index contributed by atoms with van der Waals surface area (Å²) in [4.78, 5) is 12.5. The molecule has 2 heterocycles. The smallest absolute Gasteiger partial charge is 0.292 e. The molecule has 0 radical (unpaired) electrons. The molecule has 0 aliphatic heterocycles. The first kappa shape index (κ1) is 20.2. The van der Waals surface area contributed by atoms with Gasteiger partial charge in [-0.05, 0) is 71.5 Å². The van der Waals surface area contributed by atoms with Gasteiger partial charge in [0.15, 0.2) is 11.6 Å². The van der Waals surface area contributed by atoms with Crippen molar-refractivity contribution in [2.75, 3.05) is 5.32 Å². The lowest BCUT2D eigenvalue weighted by molar-refractivity contribution is 0.0992. The fourth-order valence-corrected chi connectivity index (χ4v) is 3.31. The molecule has 0 spiro atoms. The Labute approximate surface area is 188 Å². The summed E-state index contributed by atoms with van der Waals surface area (Å²) < 4.78 is 14.2. The molecule has 2 aromatic carbocycles. The molecule has 152 valence electrons. The van der Waals surface area contributed by atoms with E-state index < -0.39 is 0 Å². The third kappa shape index (κ3) is 5.29. The van der Waals surface area contributed by atoms with Crippen LogP contribution in [0.1, 0.15) is 27.4 Å². The standard InChI is InChI=1S/C23H20IN3O3/c1-16-3-2-4-17(13-16)14-27-12-11-22(26-27)25-23(28)21-10-9-20(30-21)15-29-19-7-5-18(24)6-8-19/h2-13H,14-15H2,1H3,(H,25,26,28). The Kier molecular flexibility index (Phi) is 6.18. The SMILES string of the molecule is Cc1cccc(Cn2ccc(NC(=O)c3ccc(COc4ccc(I)cc4)o3)n2)c1. The highest BCUT2D eigenvalue weighted by Gasteiger charge is 2.13. The molecule has 30 heavy (non-hydrogen) atoms. The van der Waals surface area contributed by atoms with Crippen LogP contribution >= 0.6 is 22.6 Å². The van der Waals surface area contributed by atoms with E-state index in [4.69, 9.17) is 9.15 Å². The number of hydrogen-bond acceptors (Lipinski definition) is 4. The van der Waals surface area contributed by atoms with E-state index >= 15 is 0 Å². The minimum atomic E-state index is -0.351. The van der Waals surface area contributed by atoms with E-state index in [9.17, 15) is 4.79 Å². The first-order valence-electron chi connectivity index (χ1n) is 9.42.